The van der Waals surface area contributed by atoms with Crippen molar-refractivity contribution in [3.63, 3.8) is 0 Å². The molecule has 0 amide bonds. The highest BCUT2D eigenvalue weighted by Gasteiger charge is 2.20. The zero-order valence-electron chi connectivity index (χ0n) is 9.24. The number of anilines is 1. The van der Waals surface area contributed by atoms with Gasteiger partial charge in [-0.3, -0.25) is 10.4 Å². The molecule has 0 aliphatic rings. The number of hydrogen-bond donors (Lipinski definition) is 1. The number of rotatable bonds is 3. The molecule has 0 bridgehead atoms. The van der Waals surface area contributed by atoms with E-state index in [4.69, 9.17) is 0 Å². The van der Waals surface area contributed by atoms with Crippen molar-refractivity contribution in [2.24, 2.45) is 5.10 Å². The Kier molecular flexibility index (Phi) is 3.69. The SMILES string of the molecule is Fc1nc(F)c(F)c(N/N=C\c2cccnc2)c1F. The molecule has 0 aliphatic heterocycles. The van der Waals surface area contributed by atoms with Gasteiger partial charge in [-0.2, -0.15) is 27.6 Å². The number of hydrogen-bond acceptors (Lipinski definition) is 4. The quantitative estimate of drug-likeness (QED) is 0.403. The van der Waals surface area contributed by atoms with Gasteiger partial charge < -0.3 is 0 Å². The molecule has 98 valence electrons. The standard InChI is InChI=1S/C11H6F4N4/c12-7-9(8(13)11(15)18-10(7)14)19-17-5-6-2-1-3-16-4-6/h1-5H,(H,18,19)/b17-5-. The van der Waals surface area contributed by atoms with Gasteiger partial charge in [-0.05, 0) is 6.07 Å². The fourth-order valence-corrected chi connectivity index (χ4v) is 1.21. The van der Waals surface area contributed by atoms with Crippen molar-refractivity contribution in [1.82, 2.24) is 9.97 Å². The molecule has 0 saturated carbocycles. The van der Waals surface area contributed by atoms with Crippen molar-refractivity contribution in [2.45, 2.75) is 0 Å². The lowest BCUT2D eigenvalue weighted by molar-refractivity contribution is 0.411. The average Bonchev–Trinajstić information content (AvgIpc) is 2.42. The Morgan fingerprint density at radius 1 is 1.11 bits per heavy atom. The van der Waals surface area contributed by atoms with Gasteiger partial charge in [0.1, 0.15) is 5.69 Å². The lowest BCUT2D eigenvalue weighted by atomic mass is 10.3. The fraction of sp³-hybridized carbons (Fsp3) is 0. The molecular weight excluding hydrogens is 264 g/mol. The molecular formula is C11H6F4N4. The lowest BCUT2D eigenvalue weighted by Crippen LogP contribution is -2.05. The van der Waals surface area contributed by atoms with E-state index in [2.05, 4.69) is 15.1 Å². The van der Waals surface area contributed by atoms with E-state index in [1.54, 1.807) is 12.1 Å². The van der Waals surface area contributed by atoms with Gasteiger partial charge >= 0.3 is 0 Å². The Morgan fingerprint density at radius 2 is 1.79 bits per heavy atom. The van der Waals surface area contributed by atoms with Crippen molar-refractivity contribution < 1.29 is 17.6 Å². The molecule has 4 nitrogen and oxygen atoms in total. The van der Waals surface area contributed by atoms with Crippen LogP contribution < -0.4 is 5.43 Å². The third-order valence-electron chi connectivity index (χ3n) is 2.07. The molecule has 1 N–H and O–H groups in total. The summed E-state index contributed by atoms with van der Waals surface area (Å²) in [4.78, 5) is 6.19. The van der Waals surface area contributed by atoms with Gasteiger partial charge in [0, 0.05) is 18.0 Å². The highest BCUT2D eigenvalue weighted by Crippen LogP contribution is 2.21. The van der Waals surface area contributed by atoms with Crippen LogP contribution in [0.4, 0.5) is 23.2 Å². The minimum atomic E-state index is -1.75. The van der Waals surface area contributed by atoms with E-state index in [1.165, 1.54) is 18.6 Å². The van der Waals surface area contributed by atoms with Crippen LogP contribution in [0.2, 0.25) is 0 Å². The summed E-state index contributed by atoms with van der Waals surface area (Å²) in [6.45, 7) is 0. The molecule has 19 heavy (non-hydrogen) atoms. The van der Waals surface area contributed by atoms with Crippen LogP contribution in [0, 0.1) is 23.5 Å². The first-order valence-electron chi connectivity index (χ1n) is 4.98. The molecule has 2 aromatic rings. The summed E-state index contributed by atoms with van der Waals surface area (Å²) < 4.78 is 51.9. The van der Waals surface area contributed by atoms with Crippen LogP contribution in [0.1, 0.15) is 5.56 Å². The maximum absolute atomic E-state index is 13.2. The summed E-state index contributed by atoms with van der Waals surface area (Å²) in [5.74, 6) is -6.81. The van der Waals surface area contributed by atoms with E-state index >= 15 is 0 Å². The van der Waals surface area contributed by atoms with Crippen LogP contribution in [0.5, 0.6) is 0 Å². The van der Waals surface area contributed by atoms with Crippen molar-refractivity contribution in [2.75, 3.05) is 5.43 Å². The molecule has 0 saturated heterocycles. The Balaban J connectivity index is 2.23. The van der Waals surface area contributed by atoms with Crippen LogP contribution in [0.25, 0.3) is 0 Å². The maximum atomic E-state index is 13.2. The molecule has 2 heterocycles. The minimum Gasteiger partial charge on any atom is -0.272 e. The van der Waals surface area contributed by atoms with Gasteiger partial charge in [0.05, 0.1) is 6.21 Å². The van der Waals surface area contributed by atoms with E-state index in [0.717, 1.165) is 0 Å². The Morgan fingerprint density at radius 3 is 2.37 bits per heavy atom. The molecule has 0 unspecified atom stereocenters. The second-order valence-corrected chi connectivity index (χ2v) is 3.35. The Hall–Kier alpha value is -2.51. The second kappa shape index (κ2) is 5.42. The molecule has 0 atom stereocenters. The predicted molar refractivity (Wildman–Crippen MR) is 59.5 cm³/mol. The van der Waals surface area contributed by atoms with E-state index in [1.807, 2.05) is 5.43 Å². The number of pyridine rings is 2. The van der Waals surface area contributed by atoms with Crippen LogP contribution in [-0.4, -0.2) is 16.2 Å². The number of nitrogens with one attached hydrogen (secondary N) is 1. The topological polar surface area (TPSA) is 50.2 Å². The van der Waals surface area contributed by atoms with Gasteiger partial charge in [-0.1, -0.05) is 6.07 Å². The summed E-state index contributed by atoms with van der Waals surface area (Å²) in [6, 6.07) is 3.24. The summed E-state index contributed by atoms with van der Waals surface area (Å²) in [7, 11) is 0. The molecule has 8 heteroatoms. The number of nitrogens with zero attached hydrogens (tertiary/aromatic N) is 3. The summed E-state index contributed by atoms with van der Waals surface area (Å²) in [5, 5.41) is 3.46. The van der Waals surface area contributed by atoms with E-state index in [0.29, 0.717) is 5.56 Å². The zero-order chi connectivity index (χ0) is 13.8. The number of halogens is 4. The molecule has 0 aromatic carbocycles. The highest BCUT2D eigenvalue weighted by atomic mass is 19.2. The molecule has 0 fully saturated rings. The van der Waals surface area contributed by atoms with Crippen molar-refractivity contribution in [1.29, 1.82) is 0 Å². The van der Waals surface area contributed by atoms with Gasteiger partial charge in [0.15, 0.2) is 0 Å². The molecule has 0 aliphatic carbocycles. The van der Waals surface area contributed by atoms with E-state index in [9.17, 15) is 17.6 Å². The van der Waals surface area contributed by atoms with Gasteiger partial charge in [-0.25, -0.2) is 0 Å². The summed E-state index contributed by atoms with van der Waals surface area (Å²) in [5.41, 5.74) is 1.37. The summed E-state index contributed by atoms with van der Waals surface area (Å²) >= 11 is 0. The van der Waals surface area contributed by atoms with Crippen LogP contribution >= 0.6 is 0 Å². The zero-order valence-corrected chi connectivity index (χ0v) is 9.24. The normalized spacial score (nSPS) is 10.9. The average molecular weight is 270 g/mol. The van der Waals surface area contributed by atoms with Crippen LogP contribution in [0.3, 0.4) is 0 Å². The predicted octanol–water partition coefficient (Wildman–Crippen LogP) is 2.48. The first-order chi connectivity index (χ1) is 9.09. The van der Waals surface area contributed by atoms with E-state index < -0.39 is 29.2 Å². The maximum Gasteiger partial charge on any atom is 0.254 e. The van der Waals surface area contributed by atoms with Crippen molar-refractivity contribution in [3.05, 3.63) is 53.6 Å². The number of hydrazone groups is 1. The smallest absolute Gasteiger partial charge is 0.254 e. The fourth-order valence-electron chi connectivity index (χ4n) is 1.21. The molecule has 0 spiro atoms. The largest absolute Gasteiger partial charge is 0.272 e. The number of aromatic nitrogens is 2. The minimum absolute atomic E-state index is 0.533. The monoisotopic (exact) mass is 270 g/mol. The molecule has 2 rings (SSSR count). The molecule has 0 radical (unpaired) electrons. The van der Waals surface area contributed by atoms with Crippen LogP contribution in [0.15, 0.2) is 29.6 Å². The summed E-state index contributed by atoms with van der Waals surface area (Å²) in [6.07, 6.45) is 4.14. The van der Waals surface area contributed by atoms with Crippen molar-refractivity contribution in [3.8, 4) is 0 Å². The Labute approximate surface area is 104 Å². The highest BCUT2D eigenvalue weighted by molar-refractivity contribution is 5.79. The van der Waals surface area contributed by atoms with Gasteiger partial charge in [0.25, 0.3) is 11.9 Å². The van der Waals surface area contributed by atoms with Gasteiger partial charge in [0.2, 0.25) is 11.6 Å². The van der Waals surface area contributed by atoms with Crippen LogP contribution in [-0.2, 0) is 0 Å². The van der Waals surface area contributed by atoms with E-state index in [-0.39, 0.29) is 0 Å². The third kappa shape index (κ3) is 2.84. The molecule has 2 aromatic heterocycles. The van der Waals surface area contributed by atoms with Crippen molar-refractivity contribution >= 4 is 11.9 Å². The van der Waals surface area contributed by atoms with Gasteiger partial charge in [-0.15, -0.1) is 0 Å². The lowest BCUT2D eigenvalue weighted by Gasteiger charge is -2.04. The first-order valence-corrected chi connectivity index (χ1v) is 4.98. The second-order valence-electron chi connectivity index (χ2n) is 3.35. The Bertz CT molecular complexity index is 590. The first kappa shape index (κ1) is 12.9. The third-order valence-corrected chi connectivity index (χ3v) is 2.07.